The van der Waals surface area contributed by atoms with Crippen LogP contribution >= 0.6 is 0 Å². The summed E-state index contributed by atoms with van der Waals surface area (Å²) in [5, 5.41) is 0. The first-order valence-corrected chi connectivity index (χ1v) is 6.15. The minimum absolute atomic E-state index is 0.266. The molecule has 0 N–H and O–H groups in total. The minimum atomic E-state index is 0.266. The highest BCUT2D eigenvalue weighted by molar-refractivity contribution is 5.79. The van der Waals surface area contributed by atoms with Crippen LogP contribution in [0.15, 0.2) is 36.9 Å². The molecule has 0 spiro atoms. The Hall–Kier alpha value is -1.57. The van der Waals surface area contributed by atoms with E-state index < -0.39 is 0 Å². The lowest BCUT2D eigenvalue weighted by Crippen LogP contribution is -2.27. The second-order valence-electron chi connectivity index (χ2n) is 4.78. The lowest BCUT2D eigenvalue weighted by Gasteiger charge is -2.15. The molecule has 1 atom stereocenters. The van der Waals surface area contributed by atoms with Gasteiger partial charge in [-0.15, -0.1) is 6.58 Å². The van der Waals surface area contributed by atoms with Crippen LogP contribution in [0, 0.1) is 12.8 Å². The predicted octanol–water partition coefficient (Wildman–Crippen LogP) is 2.57. The summed E-state index contributed by atoms with van der Waals surface area (Å²) in [5.74, 6) is 0.613. The number of benzene rings is 1. The third kappa shape index (κ3) is 2.96. The maximum absolute atomic E-state index is 11.7. The summed E-state index contributed by atoms with van der Waals surface area (Å²) in [4.78, 5) is 13.6. The quantitative estimate of drug-likeness (QED) is 0.727. The minimum Gasteiger partial charge on any atom is -0.342 e. The second kappa shape index (κ2) is 5.17. The van der Waals surface area contributed by atoms with Crippen LogP contribution in [0.2, 0.25) is 0 Å². The molecule has 2 nitrogen and oxygen atoms in total. The van der Waals surface area contributed by atoms with Gasteiger partial charge in [0.1, 0.15) is 0 Å². The van der Waals surface area contributed by atoms with E-state index in [1.165, 1.54) is 11.1 Å². The molecule has 17 heavy (non-hydrogen) atoms. The molecule has 0 aliphatic carbocycles. The van der Waals surface area contributed by atoms with E-state index in [2.05, 4.69) is 37.8 Å². The molecule has 0 bridgehead atoms. The molecule has 1 aromatic carbocycles. The van der Waals surface area contributed by atoms with Gasteiger partial charge >= 0.3 is 0 Å². The van der Waals surface area contributed by atoms with Gasteiger partial charge in [0.05, 0.1) is 0 Å². The van der Waals surface area contributed by atoms with Crippen molar-refractivity contribution in [2.75, 3.05) is 13.1 Å². The van der Waals surface area contributed by atoms with Gasteiger partial charge in [0.25, 0.3) is 0 Å². The van der Waals surface area contributed by atoms with Crippen molar-refractivity contribution in [3.63, 3.8) is 0 Å². The fourth-order valence-corrected chi connectivity index (χ4v) is 2.20. The molecule has 2 rings (SSSR count). The summed E-state index contributed by atoms with van der Waals surface area (Å²) in [5.41, 5.74) is 2.57. The summed E-state index contributed by atoms with van der Waals surface area (Å²) in [6.07, 6.45) is 3.47. The maximum atomic E-state index is 11.7. The van der Waals surface area contributed by atoms with Gasteiger partial charge in [-0.2, -0.15) is 0 Å². The molecule has 1 unspecified atom stereocenters. The highest BCUT2D eigenvalue weighted by Gasteiger charge is 2.26. The van der Waals surface area contributed by atoms with Crippen LogP contribution in [-0.2, 0) is 11.2 Å². The Kier molecular flexibility index (Phi) is 3.62. The highest BCUT2D eigenvalue weighted by Crippen LogP contribution is 2.18. The largest absolute Gasteiger partial charge is 0.342 e. The second-order valence-corrected chi connectivity index (χ2v) is 4.78. The number of likely N-dealkylation sites (tertiary alicyclic amines) is 1. The Balaban J connectivity index is 1.88. The molecule has 2 heteroatoms. The molecular weight excluding hydrogens is 210 g/mol. The van der Waals surface area contributed by atoms with Crippen molar-refractivity contribution in [3.05, 3.63) is 48.0 Å². The van der Waals surface area contributed by atoms with Gasteiger partial charge in [0, 0.05) is 25.4 Å². The molecule has 1 heterocycles. The SMILES string of the molecule is C=CC1CC(=O)N(CCc2ccc(C)cc2)C1. The first-order chi connectivity index (χ1) is 8.19. The molecular formula is C15H19NO. The van der Waals surface area contributed by atoms with Crippen molar-refractivity contribution in [2.45, 2.75) is 19.8 Å². The molecule has 1 amide bonds. The topological polar surface area (TPSA) is 20.3 Å². The zero-order chi connectivity index (χ0) is 12.3. The van der Waals surface area contributed by atoms with Crippen molar-refractivity contribution in [2.24, 2.45) is 5.92 Å². The zero-order valence-corrected chi connectivity index (χ0v) is 10.4. The summed E-state index contributed by atoms with van der Waals surface area (Å²) in [6.45, 7) is 7.51. The Labute approximate surface area is 103 Å². The number of carbonyl (C=O) groups excluding carboxylic acids is 1. The van der Waals surface area contributed by atoms with Crippen LogP contribution < -0.4 is 0 Å². The van der Waals surface area contributed by atoms with E-state index in [1.54, 1.807) is 0 Å². The molecule has 0 radical (unpaired) electrons. The Morgan fingerprint density at radius 2 is 2.12 bits per heavy atom. The first-order valence-electron chi connectivity index (χ1n) is 6.15. The number of amides is 1. The van der Waals surface area contributed by atoms with E-state index >= 15 is 0 Å². The molecule has 1 aliphatic rings. The molecule has 0 saturated carbocycles. The van der Waals surface area contributed by atoms with Gasteiger partial charge in [-0.05, 0) is 18.9 Å². The lowest BCUT2D eigenvalue weighted by atomic mass is 10.1. The maximum Gasteiger partial charge on any atom is 0.223 e. The zero-order valence-electron chi connectivity index (χ0n) is 10.4. The van der Waals surface area contributed by atoms with Crippen LogP contribution in [0.5, 0.6) is 0 Å². The van der Waals surface area contributed by atoms with Gasteiger partial charge < -0.3 is 4.90 Å². The Bertz CT molecular complexity index is 407. The first kappa shape index (κ1) is 11.9. The summed E-state index contributed by atoms with van der Waals surface area (Å²) in [7, 11) is 0. The van der Waals surface area contributed by atoms with Gasteiger partial charge in [-0.25, -0.2) is 0 Å². The highest BCUT2D eigenvalue weighted by atomic mass is 16.2. The van der Waals surface area contributed by atoms with Crippen LogP contribution in [0.3, 0.4) is 0 Å². The van der Waals surface area contributed by atoms with Crippen LogP contribution in [0.1, 0.15) is 17.5 Å². The molecule has 1 aromatic rings. The van der Waals surface area contributed by atoms with Crippen molar-refractivity contribution in [1.82, 2.24) is 4.90 Å². The molecule has 1 saturated heterocycles. The number of hydrogen-bond donors (Lipinski definition) is 0. The monoisotopic (exact) mass is 229 g/mol. The van der Waals surface area contributed by atoms with E-state index in [0.717, 1.165) is 19.5 Å². The fourth-order valence-electron chi connectivity index (χ4n) is 2.20. The third-order valence-corrected chi connectivity index (χ3v) is 3.37. The fraction of sp³-hybridized carbons (Fsp3) is 0.400. The van der Waals surface area contributed by atoms with Crippen molar-refractivity contribution in [3.8, 4) is 0 Å². The molecule has 90 valence electrons. The Morgan fingerprint density at radius 1 is 1.41 bits per heavy atom. The predicted molar refractivity (Wildman–Crippen MR) is 69.8 cm³/mol. The molecule has 1 aliphatic heterocycles. The molecule has 0 aromatic heterocycles. The summed E-state index contributed by atoms with van der Waals surface area (Å²) < 4.78 is 0. The smallest absolute Gasteiger partial charge is 0.223 e. The number of aryl methyl sites for hydroxylation is 1. The van der Waals surface area contributed by atoms with Crippen LogP contribution in [-0.4, -0.2) is 23.9 Å². The van der Waals surface area contributed by atoms with Gasteiger partial charge in [-0.1, -0.05) is 35.9 Å². The van der Waals surface area contributed by atoms with E-state index in [4.69, 9.17) is 0 Å². The standard InChI is InChI=1S/C15H19NO/c1-3-13-10-15(17)16(11-13)9-8-14-6-4-12(2)5-7-14/h3-7,13H,1,8-11H2,2H3. The average molecular weight is 229 g/mol. The summed E-state index contributed by atoms with van der Waals surface area (Å²) >= 11 is 0. The van der Waals surface area contributed by atoms with E-state index in [0.29, 0.717) is 12.3 Å². The number of rotatable bonds is 4. The average Bonchev–Trinajstić information content (AvgIpc) is 2.69. The van der Waals surface area contributed by atoms with Gasteiger partial charge in [0.2, 0.25) is 5.91 Å². The van der Waals surface area contributed by atoms with E-state index in [1.807, 2.05) is 11.0 Å². The van der Waals surface area contributed by atoms with Crippen molar-refractivity contribution < 1.29 is 4.79 Å². The van der Waals surface area contributed by atoms with Gasteiger partial charge in [-0.3, -0.25) is 4.79 Å². The normalized spacial score (nSPS) is 19.7. The molecule has 1 fully saturated rings. The number of carbonyl (C=O) groups is 1. The van der Waals surface area contributed by atoms with Crippen LogP contribution in [0.25, 0.3) is 0 Å². The number of nitrogens with zero attached hydrogens (tertiary/aromatic N) is 1. The van der Waals surface area contributed by atoms with Crippen LogP contribution in [0.4, 0.5) is 0 Å². The van der Waals surface area contributed by atoms with E-state index in [-0.39, 0.29) is 5.91 Å². The third-order valence-electron chi connectivity index (χ3n) is 3.37. The van der Waals surface area contributed by atoms with Crippen molar-refractivity contribution in [1.29, 1.82) is 0 Å². The van der Waals surface area contributed by atoms with Gasteiger partial charge in [0.15, 0.2) is 0 Å². The lowest BCUT2D eigenvalue weighted by molar-refractivity contribution is -0.127. The summed E-state index contributed by atoms with van der Waals surface area (Å²) in [6, 6.07) is 8.52. The number of hydrogen-bond acceptors (Lipinski definition) is 1. The van der Waals surface area contributed by atoms with Crippen molar-refractivity contribution >= 4 is 5.91 Å². The Morgan fingerprint density at radius 3 is 2.71 bits per heavy atom. The van der Waals surface area contributed by atoms with E-state index in [9.17, 15) is 4.79 Å².